The number of hydrogen-bond acceptors (Lipinski definition) is 4. The van der Waals surface area contributed by atoms with Crippen LogP contribution in [0.15, 0.2) is 12.5 Å². The molecular formula is C10H14N6O. The van der Waals surface area contributed by atoms with Crippen LogP contribution in [0.3, 0.4) is 0 Å². The number of primary amides is 1. The zero-order valence-corrected chi connectivity index (χ0v) is 9.71. The van der Waals surface area contributed by atoms with Crippen molar-refractivity contribution in [3.63, 3.8) is 0 Å². The van der Waals surface area contributed by atoms with Crippen molar-refractivity contribution in [2.75, 3.05) is 0 Å². The van der Waals surface area contributed by atoms with Crippen LogP contribution in [0.2, 0.25) is 0 Å². The van der Waals surface area contributed by atoms with E-state index >= 15 is 0 Å². The van der Waals surface area contributed by atoms with Crippen LogP contribution in [0.1, 0.15) is 42.2 Å². The summed E-state index contributed by atoms with van der Waals surface area (Å²) in [6.07, 6.45) is 4.10. The van der Waals surface area contributed by atoms with Gasteiger partial charge >= 0.3 is 0 Å². The standard InChI is InChI=1S/C10H14N6O/c1-3-6(2)7-4-16(10-12-5-13-14-10)15-8(7)9(11)17/h4-6H,3H2,1-2H3,(H2,11,17)(H,12,13,14). The Morgan fingerprint density at radius 1 is 1.65 bits per heavy atom. The number of amides is 1. The fraction of sp³-hybridized carbons (Fsp3) is 0.400. The van der Waals surface area contributed by atoms with Crippen LogP contribution in [0, 0.1) is 0 Å². The highest BCUT2D eigenvalue weighted by Crippen LogP contribution is 2.22. The quantitative estimate of drug-likeness (QED) is 0.808. The van der Waals surface area contributed by atoms with Gasteiger partial charge in [-0.25, -0.2) is 4.68 Å². The first-order valence-corrected chi connectivity index (χ1v) is 5.39. The molecular weight excluding hydrogens is 220 g/mol. The normalized spacial score (nSPS) is 12.6. The van der Waals surface area contributed by atoms with E-state index in [1.54, 1.807) is 6.20 Å². The van der Waals surface area contributed by atoms with Gasteiger partial charge in [-0.2, -0.15) is 10.1 Å². The van der Waals surface area contributed by atoms with E-state index in [0.29, 0.717) is 5.95 Å². The molecule has 2 heterocycles. The maximum atomic E-state index is 11.3. The van der Waals surface area contributed by atoms with Gasteiger partial charge in [0.1, 0.15) is 6.33 Å². The highest BCUT2D eigenvalue weighted by molar-refractivity contribution is 5.92. The minimum atomic E-state index is -0.533. The predicted octanol–water partition coefficient (Wildman–Crippen LogP) is 0.603. The molecule has 1 amide bonds. The van der Waals surface area contributed by atoms with E-state index in [0.717, 1.165) is 12.0 Å². The molecule has 2 aromatic heterocycles. The number of aromatic amines is 1. The van der Waals surface area contributed by atoms with Gasteiger partial charge in [0.25, 0.3) is 11.9 Å². The van der Waals surface area contributed by atoms with Crippen LogP contribution >= 0.6 is 0 Å². The number of aromatic nitrogens is 5. The molecule has 0 aliphatic carbocycles. The molecule has 0 radical (unpaired) electrons. The average molecular weight is 234 g/mol. The van der Waals surface area contributed by atoms with Crippen LogP contribution in [0.4, 0.5) is 0 Å². The first-order chi connectivity index (χ1) is 8.13. The van der Waals surface area contributed by atoms with Crippen molar-refractivity contribution >= 4 is 5.91 Å². The topological polar surface area (TPSA) is 102 Å². The molecule has 7 nitrogen and oxygen atoms in total. The van der Waals surface area contributed by atoms with Crippen molar-refractivity contribution in [1.82, 2.24) is 25.0 Å². The fourth-order valence-electron chi connectivity index (χ4n) is 1.57. The molecule has 2 aromatic rings. The summed E-state index contributed by atoms with van der Waals surface area (Å²) in [5, 5.41) is 10.6. The van der Waals surface area contributed by atoms with Gasteiger partial charge in [-0.15, -0.1) is 5.10 Å². The Hall–Kier alpha value is -2.18. The second-order valence-electron chi connectivity index (χ2n) is 3.85. The molecule has 0 aliphatic heterocycles. The van der Waals surface area contributed by atoms with Gasteiger partial charge in [-0.3, -0.25) is 9.89 Å². The molecule has 0 saturated carbocycles. The summed E-state index contributed by atoms with van der Waals surface area (Å²) in [6, 6.07) is 0. The van der Waals surface area contributed by atoms with Crippen molar-refractivity contribution in [2.24, 2.45) is 5.73 Å². The second-order valence-corrected chi connectivity index (χ2v) is 3.85. The summed E-state index contributed by atoms with van der Waals surface area (Å²) >= 11 is 0. The third-order valence-corrected chi connectivity index (χ3v) is 2.73. The van der Waals surface area contributed by atoms with E-state index in [1.807, 2.05) is 13.8 Å². The van der Waals surface area contributed by atoms with Gasteiger partial charge < -0.3 is 5.73 Å². The van der Waals surface area contributed by atoms with E-state index in [9.17, 15) is 4.79 Å². The summed E-state index contributed by atoms with van der Waals surface area (Å²) in [7, 11) is 0. The number of rotatable bonds is 4. The van der Waals surface area contributed by atoms with Crippen molar-refractivity contribution < 1.29 is 4.79 Å². The number of nitrogens with zero attached hydrogens (tertiary/aromatic N) is 4. The predicted molar refractivity (Wildman–Crippen MR) is 60.7 cm³/mol. The maximum Gasteiger partial charge on any atom is 0.269 e. The third kappa shape index (κ3) is 2.03. The molecule has 3 N–H and O–H groups in total. The Labute approximate surface area is 98.0 Å². The SMILES string of the molecule is CCC(C)c1cn(-c2nc[nH]n2)nc1C(N)=O. The smallest absolute Gasteiger partial charge is 0.269 e. The summed E-state index contributed by atoms with van der Waals surface area (Å²) in [4.78, 5) is 15.3. The molecule has 0 spiro atoms. The van der Waals surface area contributed by atoms with Crippen molar-refractivity contribution in [3.05, 3.63) is 23.8 Å². The fourth-order valence-corrected chi connectivity index (χ4v) is 1.57. The van der Waals surface area contributed by atoms with Gasteiger partial charge in [-0.05, 0) is 12.3 Å². The monoisotopic (exact) mass is 234 g/mol. The number of nitrogens with one attached hydrogen (secondary N) is 1. The second kappa shape index (κ2) is 4.36. The van der Waals surface area contributed by atoms with Gasteiger partial charge in [0.15, 0.2) is 5.69 Å². The molecule has 2 rings (SSSR count). The summed E-state index contributed by atoms with van der Waals surface area (Å²) < 4.78 is 1.46. The Balaban J connectivity index is 2.48. The summed E-state index contributed by atoms with van der Waals surface area (Å²) in [6.45, 7) is 4.06. The lowest BCUT2D eigenvalue weighted by atomic mass is 9.99. The molecule has 90 valence electrons. The highest BCUT2D eigenvalue weighted by atomic mass is 16.1. The number of carbonyl (C=O) groups is 1. The largest absolute Gasteiger partial charge is 0.364 e. The number of hydrogen-bond donors (Lipinski definition) is 2. The van der Waals surface area contributed by atoms with Crippen molar-refractivity contribution in [2.45, 2.75) is 26.2 Å². The lowest BCUT2D eigenvalue weighted by Crippen LogP contribution is -2.15. The van der Waals surface area contributed by atoms with Crippen LogP contribution in [-0.2, 0) is 0 Å². The lowest BCUT2D eigenvalue weighted by Gasteiger charge is -2.05. The molecule has 0 fully saturated rings. The van der Waals surface area contributed by atoms with E-state index in [4.69, 9.17) is 5.73 Å². The molecule has 0 saturated heterocycles. The van der Waals surface area contributed by atoms with Crippen LogP contribution in [0.25, 0.3) is 5.95 Å². The maximum absolute atomic E-state index is 11.3. The number of nitrogens with two attached hydrogens (primary N) is 1. The van der Waals surface area contributed by atoms with E-state index in [-0.39, 0.29) is 11.6 Å². The molecule has 0 aliphatic rings. The molecule has 1 atom stereocenters. The van der Waals surface area contributed by atoms with E-state index in [2.05, 4.69) is 20.3 Å². The molecule has 1 unspecified atom stereocenters. The van der Waals surface area contributed by atoms with Gasteiger partial charge in [0, 0.05) is 11.8 Å². The van der Waals surface area contributed by atoms with Gasteiger partial charge in [-0.1, -0.05) is 13.8 Å². The van der Waals surface area contributed by atoms with E-state index < -0.39 is 5.91 Å². The van der Waals surface area contributed by atoms with Gasteiger partial charge in [0.05, 0.1) is 0 Å². The van der Waals surface area contributed by atoms with Crippen LogP contribution in [0.5, 0.6) is 0 Å². The average Bonchev–Trinajstić information content (AvgIpc) is 2.95. The first kappa shape index (κ1) is 11.3. The first-order valence-electron chi connectivity index (χ1n) is 5.39. The highest BCUT2D eigenvalue weighted by Gasteiger charge is 2.19. The molecule has 7 heteroatoms. The zero-order chi connectivity index (χ0) is 12.4. The minimum absolute atomic E-state index is 0.213. The van der Waals surface area contributed by atoms with Crippen LogP contribution in [-0.4, -0.2) is 30.9 Å². The van der Waals surface area contributed by atoms with Crippen molar-refractivity contribution in [1.29, 1.82) is 0 Å². The van der Waals surface area contributed by atoms with Gasteiger partial charge in [0.2, 0.25) is 0 Å². The third-order valence-electron chi connectivity index (χ3n) is 2.73. The van der Waals surface area contributed by atoms with Crippen LogP contribution < -0.4 is 5.73 Å². The zero-order valence-electron chi connectivity index (χ0n) is 9.71. The lowest BCUT2D eigenvalue weighted by molar-refractivity contribution is 0.0994. The Morgan fingerprint density at radius 2 is 2.41 bits per heavy atom. The van der Waals surface area contributed by atoms with E-state index in [1.165, 1.54) is 11.0 Å². The Morgan fingerprint density at radius 3 is 2.94 bits per heavy atom. The minimum Gasteiger partial charge on any atom is -0.364 e. The Bertz CT molecular complexity index is 515. The summed E-state index contributed by atoms with van der Waals surface area (Å²) in [5.41, 5.74) is 6.42. The Kier molecular flexibility index (Phi) is 2.90. The number of H-pyrrole nitrogens is 1. The molecule has 0 bridgehead atoms. The number of carbonyl (C=O) groups excluding carboxylic acids is 1. The molecule has 17 heavy (non-hydrogen) atoms. The molecule has 0 aromatic carbocycles. The van der Waals surface area contributed by atoms with Crippen molar-refractivity contribution in [3.8, 4) is 5.95 Å². The summed E-state index contributed by atoms with van der Waals surface area (Å²) in [5.74, 6) is 0.0711.